The first-order valence-electron chi connectivity index (χ1n) is 8.52. The van der Waals surface area contributed by atoms with E-state index in [1.807, 2.05) is 25.5 Å². The lowest BCUT2D eigenvalue weighted by Gasteiger charge is -2.13. The lowest BCUT2D eigenvalue weighted by molar-refractivity contribution is 0.261. The van der Waals surface area contributed by atoms with Crippen LogP contribution in [0.15, 0.2) is 18.2 Å². The first kappa shape index (κ1) is 17.3. The summed E-state index contributed by atoms with van der Waals surface area (Å²) in [5.41, 5.74) is 2.76. The standard InChI is InChI=1S/C18H23FN4O2/c1-4-23-12(3)17(11(2)22-23)21-18(24)20-15-8-7-14(19)9-16(15)25-10-13-5-6-13/h7-9,13H,4-6,10H2,1-3H3,(H2,20,21,24). The van der Waals surface area contributed by atoms with Gasteiger partial charge in [-0.25, -0.2) is 9.18 Å². The number of urea groups is 1. The summed E-state index contributed by atoms with van der Waals surface area (Å²) in [7, 11) is 0. The van der Waals surface area contributed by atoms with Crippen LogP contribution >= 0.6 is 0 Å². The van der Waals surface area contributed by atoms with Gasteiger partial charge in [-0.15, -0.1) is 0 Å². The summed E-state index contributed by atoms with van der Waals surface area (Å²) in [4.78, 5) is 12.4. The Bertz CT molecular complexity index is 784. The second-order valence-corrected chi connectivity index (χ2v) is 6.34. The number of carbonyl (C=O) groups excluding carboxylic acids is 1. The molecule has 1 aliphatic carbocycles. The number of nitrogens with one attached hydrogen (secondary N) is 2. The Kier molecular flexibility index (Phi) is 4.92. The first-order valence-corrected chi connectivity index (χ1v) is 8.52. The van der Waals surface area contributed by atoms with E-state index in [0.29, 0.717) is 29.6 Å². The Hall–Kier alpha value is -2.57. The molecule has 25 heavy (non-hydrogen) atoms. The maximum absolute atomic E-state index is 13.5. The van der Waals surface area contributed by atoms with Gasteiger partial charge in [0, 0.05) is 12.6 Å². The molecule has 0 unspecified atom stereocenters. The van der Waals surface area contributed by atoms with Crippen molar-refractivity contribution in [2.75, 3.05) is 17.2 Å². The van der Waals surface area contributed by atoms with Gasteiger partial charge in [-0.1, -0.05) is 0 Å². The minimum absolute atomic E-state index is 0.347. The third-order valence-corrected chi connectivity index (χ3v) is 4.28. The number of hydrogen-bond donors (Lipinski definition) is 2. The summed E-state index contributed by atoms with van der Waals surface area (Å²) >= 11 is 0. The second kappa shape index (κ2) is 7.13. The third kappa shape index (κ3) is 4.10. The highest BCUT2D eigenvalue weighted by Gasteiger charge is 2.23. The minimum Gasteiger partial charge on any atom is -0.491 e. The van der Waals surface area contributed by atoms with Crippen LogP contribution in [0.3, 0.4) is 0 Å². The molecule has 0 atom stereocenters. The molecule has 0 radical (unpaired) electrons. The van der Waals surface area contributed by atoms with Crippen LogP contribution in [0.4, 0.5) is 20.6 Å². The first-order chi connectivity index (χ1) is 12.0. The molecule has 134 valence electrons. The van der Waals surface area contributed by atoms with Crippen LogP contribution in [0.1, 0.15) is 31.2 Å². The van der Waals surface area contributed by atoms with Crippen molar-refractivity contribution in [3.63, 3.8) is 0 Å². The Morgan fingerprint density at radius 2 is 2.12 bits per heavy atom. The maximum Gasteiger partial charge on any atom is 0.323 e. The molecule has 6 nitrogen and oxygen atoms in total. The van der Waals surface area contributed by atoms with Gasteiger partial charge in [0.1, 0.15) is 11.6 Å². The van der Waals surface area contributed by atoms with Crippen molar-refractivity contribution in [3.05, 3.63) is 35.4 Å². The van der Waals surface area contributed by atoms with Crippen molar-refractivity contribution in [3.8, 4) is 5.75 Å². The molecular weight excluding hydrogens is 323 g/mol. The predicted molar refractivity (Wildman–Crippen MR) is 94.6 cm³/mol. The van der Waals surface area contributed by atoms with E-state index < -0.39 is 11.8 Å². The van der Waals surface area contributed by atoms with E-state index >= 15 is 0 Å². The fourth-order valence-electron chi connectivity index (χ4n) is 2.66. The molecule has 2 amide bonds. The van der Waals surface area contributed by atoms with Gasteiger partial charge < -0.3 is 15.4 Å². The number of hydrogen-bond acceptors (Lipinski definition) is 3. The van der Waals surface area contributed by atoms with Crippen LogP contribution in [0.5, 0.6) is 5.75 Å². The van der Waals surface area contributed by atoms with Gasteiger partial charge in [0.25, 0.3) is 0 Å². The van der Waals surface area contributed by atoms with E-state index in [-0.39, 0.29) is 0 Å². The van der Waals surface area contributed by atoms with Crippen molar-refractivity contribution in [1.82, 2.24) is 9.78 Å². The number of halogens is 1. The predicted octanol–water partition coefficient (Wildman–Crippen LogP) is 4.09. The number of amides is 2. The summed E-state index contributed by atoms with van der Waals surface area (Å²) in [6.07, 6.45) is 2.27. The van der Waals surface area contributed by atoms with Crippen LogP contribution in [0.25, 0.3) is 0 Å². The number of carbonyl (C=O) groups is 1. The van der Waals surface area contributed by atoms with Gasteiger partial charge in [0.15, 0.2) is 0 Å². The van der Waals surface area contributed by atoms with Gasteiger partial charge in [0.05, 0.1) is 29.4 Å². The number of anilines is 2. The van der Waals surface area contributed by atoms with E-state index in [0.717, 1.165) is 30.8 Å². The number of aryl methyl sites for hydroxylation is 2. The molecule has 0 bridgehead atoms. The molecule has 1 fully saturated rings. The SMILES string of the molecule is CCn1nc(C)c(NC(=O)Nc2ccc(F)cc2OCC2CC2)c1C. The van der Waals surface area contributed by atoms with Gasteiger partial charge in [-0.05, 0) is 51.7 Å². The van der Waals surface area contributed by atoms with E-state index in [9.17, 15) is 9.18 Å². The Labute approximate surface area is 146 Å². The van der Waals surface area contributed by atoms with Gasteiger partial charge in [-0.3, -0.25) is 4.68 Å². The van der Waals surface area contributed by atoms with Crippen molar-refractivity contribution < 1.29 is 13.9 Å². The van der Waals surface area contributed by atoms with Crippen molar-refractivity contribution >= 4 is 17.4 Å². The normalized spacial score (nSPS) is 13.6. The lowest BCUT2D eigenvalue weighted by Crippen LogP contribution is -2.21. The molecule has 0 saturated heterocycles. The quantitative estimate of drug-likeness (QED) is 0.828. The third-order valence-electron chi connectivity index (χ3n) is 4.28. The number of rotatable bonds is 6. The van der Waals surface area contributed by atoms with Crippen LogP contribution < -0.4 is 15.4 Å². The van der Waals surface area contributed by atoms with Crippen LogP contribution in [-0.4, -0.2) is 22.4 Å². The molecule has 0 spiro atoms. The number of benzene rings is 1. The molecular formula is C18H23FN4O2. The zero-order chi connectivity index (χ0) is 18.0. The summed E-state index contributed by atoms with van der Waals surface area (Å²) in [6.45, 7) is 7.01. The Morgan fingerprint density at radius 1 is 1.36 bits per heavy atom. The summed E-state index contributed by atoms with van der Waals surface area (Å²) in [5, 5.41) is 9.92. The fourth-order valence-corrected chi connectivity index (χ4v) is 2.66. The molecule has 1 heterocycles. The maximum atomic E-state index is 13.5. The monoisotopic (exact) mass is 346 g/mol. The summed E-state index contributed by atoms with van der Waals surface area (Å²) < 4.78 is 21.0. The molecule has 3 rings (SSSR count). The fraction of sp³-hybridized carbons (Fsp3) is 0.444. The van der Waals surface area contributed by atoms with E-state index in [1.54, 1.807) is 0 Å². The highest BCUT2D eigenvalue weighted by molar-refractivity contribution is 6.01. The Balaban J connectivity index is 1.71. The molecule has 1 saturated carbocycles. The zero-order valence-corrected chi connectivity index (χ0v) is 14.7. The van der Waals surface area contributed by atoms with Crippen LogP contribution in [-0.2, 0) is 6.54 Å². The Morgan fingerprint density at radius 3 is 2.76 bits per heavy atom. The summed E-state index contributed by atoms with van der Waals surface area (Å²) in [6, 6.07) is 3.69. The van der Waals surface area contributed by atoms with Gasteiger partial charge in [0.2, 0.25) is 0 Å². The second-order valence-electron chi connectivity index (χ2n) is 6.34. The van der Waals surface area contributed by atoms with Crippen molar-refractivity contribution in [1.29, 1.82) is 0 Å². The minimum atomic E-state index is -0.412. The molecule has 2 aromatic rings. The molecule has 1 aromatic carbocycles. The molecule has 1 aliphatic rings. The lowest BCUT2D eigenvalue weighted by atomic mass is 10.2. The van der Waals surface area contributed by atoms with Crippen LogP contribution in [0.2, 0.25) is 0 Å². The van der Waals surface area contributed by atoms with Crippen molar-refractivity contribution in [2.24, 2.45) is 5.92 Å². The highest BCUT2D eigenvalue weighted by atomic mass is 19.1. The molecule has 2 N–H and O–H groups in total. The highest BCUT2D eigenvalue weighted by Crippen LogP contribution is 2.32. The zero-order valence-electron chi connectivity index (χ0n) is 14.7. The topological polar surface area (TPSA) is 68.2 Å². The number of nitrogens with zero attached hydrogens (tertiary/aromatic N) is 2. The molecule has 0 aliphatic heterocycles. The van der Waals surface area contributed by atoms with Gasteiger partial charge >= 0.3 is 6.03 Å². The van der Waals surface area contributed by atoms with E-state index in [4.69, 9.17) is 4.74 Å². The largest absolute Gasteiger partial charge is 0.491 e. The average molecular weight is 346 g/mol. The molecule has 7 heteroatoms. The summed E-state index contributed by atoms with van der Waals surface area (Å²) in [5.74, 6) is 0.488. The number of ether oxygens (including phenoxy) is 1. The average Bonchev–Trinajstić information content (AvgIpc) is 3.37. The van der Waals surface area contributed by atoms with E-state index in [2.05, 4.69) is 15.7 Å². The van der Waals surface area contributed by atoms with Crippen LogP contribution in [0, 0.1) is 25.6 Å². The van der Waals surface area contributed by atoms with E-state index in [1.165, 1.54) is 18.2 Å². The smallest absolute Gasteiger partial charge is 0.323 e. The number of aromatic nitrogens is 2. The van der Waals surface area contributed by atoms with Gasteiger partial charge in [-0.2, -0.15) is 5.10 Å². The molecule has 1 aromatic heterocycles. The van der Waals surface area contributed by atoms with Crippen molar-refractivity contribution in [2.45, 2.75) is 40.2 Å².